The predicted octanol–water partition coefficient (Wildman–Crippen LogP) is 4.00. The molecule has 0 aliphatic carbocycles. The van der Waals surface area contributed by atoms with Gasteiger partial charge in [0.25, 0.3) is 0 Å². The molecule has 21 heavy (non-hydrogen) atoms. The number of hydrogen-bond acceptors (Lipinski definition) is 4. The lowest BCUT2D eigenvalue weighted by atomic mass is 10.2. The van der Waals surface area contributed by atoms with Gasteiger partial charge in [-0.2, -0.15) is 0 Å². The lowest BCUT2D eigenvalue weighted by Crippen LogP contribution is -1.93. The normalized spacial score (nSPS) is 10.8. The molecular weight excluding hydrogens is 286 g/mol. The van der Waals surface area contributed by atoms with Gasteiger partial charge < -0.3 is 9.84 Å². The number of aromatic nitrogens is 1. The van der Waals surface area contributed by atoms with Gasteiger partial charge in [0, 0.05) is 22.7 Å². The van der Waals surface area contributed by atoms with Gasteiger partial charge in [-0.05, 0) is 43.0 Å². The summed E-state index contributed by atoms with van der Waals surface area (Å²) in [6, 6.07) is 9.58. The highest BCUT2D eigenvalue weighted by Crippen LogP contribution is 2.31. The average Bonchev–Trinajstić information content (AvgIpc) is 2.48. The van der Waals surface area contributed by atoms with Crippen molar-refractivity contribution in [2.75, 3.05) is 6.26 Å². The molecule has 0 aliphatic heterocycles. The first-order valence-corrected chi connectivity index (χ1v) is 7.51. The van der Waals surface area contributed by atoms with E-state index < -0.39 is 5.97 Å². The van der Waals surface area contributed by atoms with Crippen molar-refractivity contribution in [3.8, 4) is 11.6 Å². The largest absolute Gasteiger partial charge is 0.478 e. The number of carbonyl (C=O) groups is 1. The highest BCUT2D eigenvalue weighted by atomic mass is 32.2. The van der Waals surface area contributed by atoms with Gasteiger partial charge >= 0.3 is 5.97 Å². The van der Waals surface area contributed by atoms with Gasteiger partial charge in [-0.15, -0.1) is 11.8 Å². The van der Waals surface area contributed by atoms with Crippen molar-refractivity contribution in [3.63, 3.8) is 0 Å². The molecule has 0 bridgehead atoms. The van der Waals surface area contributed by atoms with E-state index in [0.29, 0.717) is 5.88 Å². The number of pyridine rings is 1. The quantitative estimate of drug-likeness (QED) is 0.668. The number of carboxylic acids is 1. The van der Waals surface area contributed by atoms with Crippen LogP contribution in [-0.4, -0.2) is 22.3 Å². The van der Waals surface area contributed by atoms with Crippen LogP contribution in [0.1, 0.15) is 11.1 Å². The molecule has 1 aromatic carbocycles. The highest BCUT2D eigenvalue weighted by Gasteiger charge is 2.07. The Kier molecular flexibility index (Phi) is 5.00. The topological polar surface area (TPSA) is 59.4 Å². The maximum atomic E-state index is 10.5. The first-order valence-electron chi connectivity index (χ1n) is 6.28. The Morgan fingerprint density at radius 2 is 2.14 bits per heavy atom. The molecule has 2 aromatic rings. The minimum atomic E-state index is -0.984. The Bertz CT molecular complexity index is 683. The first-order chi connectivity index (χ1) is 10.1. The summed E-state index contributed by atoms with van der Waals surface area (Å²) in [7, 11) is 0. The van der Waals surface area contributed by atoms with Crippen LogP contribution in [0.5, 0.6) is 11.6 Å². The summed E-state index contributed by atoms with van der Waals surface area (Å²) in [5.74, 6) is 0.292. The third kappa shape index (κ3) is 4.10. The molecule has 0 saturated heterocycles. The van der Waals surface area contributed by atoms with Crippen molar-refractivity contribution in [2.45, 2.75) is 11.8 Å². The molecule has 108 valence electrons. The SMILES string of the molecule is CSc1ccccc1Oc1ncc(/C=C/C(=O)O)cc1C. The second kappa shape index (κ2) is 6.95. The Morgan fingerprint density at radius 1 is 1.38 bits per heavy atom. The van der Waals surface area contributed by atoms with Gasteiger partial charge in [0.2, 0.25) is 5.88 Å². The van der Waals surface area contributed by atoms with Crippen LogP contribution in [0.25, 0.3) is 6.08 Å². The molecule has 0 radical (unpaired) electrons. The van der Waals surface area contributed by atoms with Gasteiger partial charge in [0.1, 0.15) is 5.75 Å². The zero-order valence-electron chi connectivity index (χ0n) is 11.7. The molecule has 1 heterocycles. The van der Waals surface area contributed by atoms with Crippen molar-refractivity contribution < 1.29 is 14.6 Å². The summed E-state index contributed by atoms with van der Waals surface area (Å²) < 4.78 is 5.84. The number of ether oxygens (including phenoxy) is 1. The zero-order chi connectivity index (χ0) is 15.2. The van der Waals surface area contributed by atoms with E-state index in [1.165, 1.54) is 6.08 Å². The Hall–Kier alpha value is -2.27. The summed E-state index contributed by atoms with van der Waals surface area (Å²) in [5.41, 5.74) is 1.57. The molecule has 0 amide bonds. The van der Waals surface area contributed by atoms with Crippen LogP contribution in [0, 0.1) is 6.92 Å². The molecule has 2 rings (SSSR count). The van der Waals surface area contributed by atoms with E-state index in [-0.39, 0.29) is 0 Å². The molecule has 1 aromatic heterocycles. The summed E-state index contributed by atoms with van der Waals surface area (Å²) in [6.45, 7) is 1.88. The van der Waals surface area contributed by atoms with E-state index in [0.717, 1.165) is 27.8 Å². The van der Waals surface area contributed by atoms with Crippen molar-refractivity contribution in [1.29, 1.82) is 0 Å². The number of aryl methyl sites for hydroxylation is 1. The van der Waals surface area contributed by atoms with Crippen LogP contribution in [0.4, 0.5) is 0 Å². The standard InChI is InChI=1S/C16H15NO3S/c1-11-9-12(7-8-15(18)19)10-17-16(11)20-13-5-3-4-6-14(13)21-2/h3-10H,1-2H3,(H,18,19)/b8-7+. The zero-order valence-corrected chi connectivity index (χ0v) is 12.6. The van der Waals surface area contributed by atoms with Crippen molar-refractivity contribution in [3.05, 3.63) is 53.7 Å². The molecule has 0 unspecified atom stereocenters. The third-order valence-electron chi connectivity index (χ3n) is 2.75. The molecule has 5 heteroatoms. The van der Waals surface area contributed by atoms with E-state index in [1.54, 1.807) is 18.0 Å². The molecule has 0 aliphatic rings. The van der Waals surface area contributed by atoms with Gasteiger partial charge in [-0.3, -0.25) is 0 Å². The highest BCUT2D eigenvalue weighted by molar-refractivity contribution is 7.98. The van der Waals surface area contributed by atoms with Crippen LogP contribution < -0.4 is 4.74 Å². The maximum Gasteiger partial charge on any atom is 0.328 e. The molecule has 4 nitrogen and oxygen atoms in total. The lowest BCUT2D eigenvalue weighted by molar-refractivity contribution is -0.131. The molecular formula is C16H15NO3S. The van der Waals surface area contributed by atoms with Crippen molar-refractivity contribution >= 4 is 23.8 Å². The van der Waals surface area contributed by atoms with Crippen molar-refractivity contribution in [2.24, 2.45) is 0 Å². The van der Waals surface area contributed by atoms with E-state index in [2.05, 4.69) is 4.98 Å². The molecule has 1 N–H and O–H groups in total. The van der Waals surface area contributed by atoms with Gasteiger partial charge in [-0.25, -0.2) is 9.78 Å². The van der Waals surface area contributed by atoms with Gasteiger partial charge in [0.15, 0.2) is 0 Å². The van der Waals surface area contributed by atoms with E-state index >= 15 is 0 Å². The first kappa shape index (κ1) is 15.1. The van der Waals surface area contributed by atoms with E-state index in [9.17, 15) is 4.79 Å². The summed E-state index contributed by atoms with van der Waals surface area (Å²) in [5, 5.41) is 8.62. The number of para-hydroxylation sites is 1. The summed E-state index contributed by atoms with van der Waals surface area (Å²) >= 11 is 1.61. The monoisotopic (exact) mass is 301 g/mol. The van der Waals surface area contributed by atoms with Crippen LogP contribution in [-0.2, 0) is 4.79 Å². The average molecular weight is 301 g/mol. The second-order valence-corrected chi connectivity index (χ2v) is 5.16. The van der Waals surface area contributed by atoms with Crippen LogP contribution in [0.2, 0.25) is 0 Å². The summed E-state index contributed by atoms with van der Waals surface area (Å²) in [6.07, 6.45) is 6.16. The second-order valence-electron chi connectivity index (χ2n) is 4.32. The molecule has 0 saturated carbocycles. The fourth-order valence-electron chi connectivity index (χ4n) is 1.76. The third-order valence-corrected chi connectivity index (χ3v) is 3.52. The Labute approximate surface area is 127 Å². The predicted molar refractivity (Wildman–Crippen MR) is 83.9 cm³/mol. The smallest absolute Gasteiger partial charge is 0.328 e. The molecule has 0 fully saturated rings. The number of carboxylic acid groups (broad SMARTS) is 1. The van der Waals surface area contributed by atoms with Crippen LogP contribution in [0.3, 0.4) is 0 Å². The maximum absolute atomic E-state index is 10.5. The van der Waals surface area contributed by atoms with E-state index in [4.69, 9.17) is 9.84 Å². The van der Waals surface area contributed by atoms with E-state index in [1.807, 2.05) is 43.5 Å². The minimum absolute atomic E-state index is 0.518. The fraction of sp³-hybridized carbons (Fsp3) is 0.125. The number of hydrogen-bond donors (Lipinski definition) is 1. The summed E-state index contributed by atoms with van der Waals surface area (Å²) in [4.78, 5) is 15.8. The number of thioether (sulfide) groups is 1. The minimum Gasteiger partial charge on any atom is -0.478 e. The number of nitrogens with zero attached hydrogens (tertiary/aromatic N) is 1. The lowest BCUT2D eigenvalue weighted by Gasteiger charge is -2.10. The van der Waals surface area contributed by atoms with Crippen LogP contribution >= 0.6 is 11.8 Å². The fourth-order valence-corrected chi connectivity index (χ4v) is 2.28. The molecule has 0 atom stereocenters. The number of benzene rings is 1. The van der Waals surface area contributed by atoms with Gasteiger partial charge in [0.05, 0.1) is 0 Å². The Morgan fingerprint density at radius 3 is 2.81 bits per heavy atom. The molecule has 0 spiro atoms. The van der Waals surface area contributed by atoms with Crippen molar-refractivity contribution in [1.82, 2.24) is 4.98 Å². The van der Waals surface area contributed by atoms with Crippen LogP contribution in [0.15, 0.2) is 47.5 Å². The number of aliphatic carboxylic acids is 1. The van der Waals surface area contributed by atoms with Gasteiger partial charge in [-0.1, -0.05) is 12.1 Å². The Balaban J connectivity index is 2.23. The number of rotatable bonds is 5.